The molecule has 0 aliphatic carbocycles. The molecule has 4 nitrogen and oxygen atoms in total. The monoisotopic (exact) mass is 246 g/mol. The van der Waals surface area contributed by atoms with Gasteiger partial charge in [-0.05, 0) is 12.5 Å². The van der Waals surface area contributed by atoms with Crippen LogP contribution in [0.4, 0.5) is 0 Å². The van der Waals surface area contributed by atoms with E-state index in [9.17, 15) is 4.79 Å². The molecule has 1 amide bonds. The largest absolute Gasteiger partial charge is 0.493 e. The molecule has 2 unspecified atom stereocenters. The molecule has 18 heavy (non-hydrogen) atoms. The molecule has 2 atom stereocenters. The number of amides is 1. The van der Waals surface area contributed by atoms with Crippen LogP contribution in [0.15, 0.2) is 24.3 Å². The van der Waals surface area contributed by atoms with Gasteiger partial charge in [-0.1, -0.05) is 18.2 Å². The number of rotatable bonds is 3. The van der Waals surface area contributed by atoms with Gasteiger partial charge in [0.25, 0.3) is 0 Å². The second-order valence-electron chi connectivity index (χ2n) is 4.94. The molecule has 96 valence electrons. The summed E-state index contributed by atoms with van der Waals surface area (Å²) in [5.41, 5.74) is 1.23. The first kappa shape index (κ1) is 11.5. The highest BCUT2D eigenvalue weighted by atomic mass is 16.5. The van der Waals surface area contributed by atoms with Crippen LogP contribution in [-0.4, -0.2) is 25.1 Å². The molecule has 0 radical (unpaired) electrons. The van der Waals surface area contributed by atoms with Gasteiger partial charge in [0.2, 0.25) is 5.91 Å². The van der Waals surface area contributed by atoms with Gasteiger partial charge in [-0.2, -0.15) is 0 Å². The highest BCUT2D eigenvalue weighted by Gasteiger charge is 2.24. The van der Waals surface area contributed by atoms with Crippen molar-refractivity contribution in [2.75, 3.05) is 13.2 Å². The molecule has 1 aromatic rings. The summed E-state index contributed by atoms with van der Waals surface area (Å²) in [4.78, 5) is 11.1. The maximum atomic E-state index is 11.1. The standard InChI is InChI=1S/C14H18N2O2/c17-14-6-5-10(16-14)9-15-12-7-8-18-13-4-2-1-3-11(12)13/h1-4,10,12,15H,5-9H2,(H,16,17). The van der Waals surface area contributed by atoms with E-state index >= 15 is 0 Å². The van der Waals surface area contributed by atoms with Gasteiger partial charge in [-0.25, -0.2) is 0 Å². The minimum atomic E-state index is 0.175. The Bertz CT molecular complexity index is 447. The first-order chi connectivity index (χ1) is 8.83. The van der Waals surface area contributed by atoms with Gasteiger partial charge in [0.15, 0.2) is 0 Å². The summed E-state index contributed by atoms with van der Waals surface area (Å²) >= 11 is 0. The molecule has 1 fully saturated rings. The third kappa shape index (κ3) is 2.34. The second kappa shape index (κ2) is 4.98. The summed E-state index contributed by atoms with van der Waals surface area (Å²) in [6, 6.07) is 8.79. The Hall–Kier alpha value is -1.55. The minimum Gasteiger partial charge on any atom is -0.493 e. The second-order valence-corrected chi connectivity index (χ2v) is 4.94. The predicted octanol–water partition coefficient (Wildman–Crippen LogP) is 1.38. The fourth-order valence-electron chi connectivity index (χ4n) is 2.67. The number of hydrogen-bond donors (Lipinski definition) is 2. The fourth-order valence-corrected chi connectivity index (χ4v) is 2.67. The molecule has 4 heteroatoms. The molecular weight excluding hydrogens is 228 g/mol. The Morgan fingerprint density at radius 2 is 2.22 bits per heavy atom. The van der Waals surface area contributed by atoms with E-state index in [-0.39, 0.29) is 11.9 Å². The van der Waals surface area contributed by atoms with E-state index in [0.29, 0.717) is 12.5 Å². The van der Waals surface area contributed by atoms with Crippen molar-refractivity contribution in [3.8, 4) is 5.75 Å². The maximum absolute atomic E-state index is 11.1. The summed E-state index contributed by atoms with van der Waals surface area (Å²) in [7, 11) is 0. The van der Waals surface area contributed by atoms with Gasteiger partial charge < -0.3 is 15.4 Å². The van der Waals surface area contributed by atoms with E-state index in [1.807, 2.05) is 18.2 Å². The quantitative estimate of drug-likeness (QED) is 0.847. The summed E-state index contributed by atoms with van der Waals surface area (Å²) in [5, 5.41) is 6.53. The average Bonchev–Trinajstić information content (AvgIpc) is 2.82. The van der Waals surface area contributed by atoms with Crippen LogP contribution < -0.4 is 15.4 Å². The summed E-state index contributed by atoms with van der Waals surface area (Å²) < 4.78 is 5.63. The molecule has 0 spiro atoms. The van der Waals surface area contributed by atoms with Gasteiger partial charge in [-0.15, -0.1) is 0 Å². The number of carbonyl (C=O) groups excluding carboxylic acids is 1. The fraction of sp³-hybridized carbons (Fsp3) is 0.500. The van der Waals surface area contributed by atoms with Crippen molar-refractivity contribution in [2.45, 2.75) is 31.3 Å². The zero-order valence-corrected chi connectivity index (χ0v) is 10.3. The Labute approximate surface area is 107 Å². The number of benzene rings is 1. The van der Waals surface area contributed by atoms with Crippen molar-refractivity contribution in [3.63, 3.8) is 0 Å². The lowest BCUT2D eigenvalue weighted by atomic mass is 10.0. The van der Waals surface area contributed by atoms with E-state index in [4.69, 9.17) is 4.74 Å². The Morgan fingerprint density at radius 3 is 3.06 bits per heavy atom. The van der Waals surface area contributed by atoms with Crippen molar-refractivity contribution in [2.24, 2.45) is 0 Å². The molecule has 2 heterocycles. The van der Waals surface area contributed by atoms with Crippen LogP contribution in [-0.2, 0) is 4.79 Å². The van der Waals surface area contributed by atoms with Crippen molar-refractivity contribution < 1.29 is 9.53 Å². The number of ether oxygens (including phenoxy) is 1. The molecule has 3 rings (SSSR count). The van der Waals surface area contributed by atoms with Crippen LogP contribution >= 0.6 is 0 Å². The van der Waals surface area contributed by atoms with E-state index in [2.05, 4.69) is 16.7 Å². The van der Waals surface area contributed by atoms with Gasteiger partial charge in [0.05, 0.1) is 6.61 Å². The number of hydrogen-bond acceptors (Lipinski definition) is 3. The van der Waals surface area contributed by atoms with Crippen LogP contribution in [0.2, 0.25) is 0 Å². The summed E-state index contributed by atoms with van der Waals surface area (Å²) in [5.74, 6) is 1.16. The molecule has 2 aliphatic heterocycles. The third-order valence-electron chi connectivity index (χ3n) is 3.65. The van der Waals surface area contributed by atoms with Crippen LogP contribution in [0.25, 0.3) is 0 Å². The molecule has 0 aromatic heterocycles. The van der Waals surface area contributed by atoms with Gasteiger partial charge in [-0.3, -0.25) is 4.79 Å². The van der Waals surface area contributed by atoms with E-state index < -0.39 is 0 Å². The van der Waals surface area contributed by atoms with Crippen molar-refractivity contribution in [1.29, 1.82) is 0 Å². The lowest BCUT2D eigenvalue weighted by molar-refractivity contribution is -0.119. The normalized spacial score (nSPS) is 26.3. The van der Waals surface area contributed by atoms with Gasteiger partial charge in [0, 0.05) is 37.0 Å². The first-order valence-electron chi connectivity index (χ1n) is 6.57. The van der Waals surface area contributed by atoms with E-state index in [1.54, 1.807) is 0 Å². The Kier molecular flexibility index (Phi) is 3.19. The molecule has 1 saturated heterocycles. The maximum Gasteiger partial charge on any atom is 0.220 e. The molecule has 0 bridgehead atoms. The SMILES string of the molecule is O=C1CCC(CNC2CCOc3ccccc32)N1. The highest BCUT2D eigenvalue weighted by Crippen LogP contribution is 2.31. The van der Waals surface area contributed by atoms with Crippen molar-refractivity contribution in [3.05, 3.63) is 29.8 Å². The lowest BCUT2D eigenvalue weighted by Gasteiger charge is -2.27. The number of para-hydroxylation sites is 1. The first-order valence-corrected chi connectivity index (χ1v) is 6.57. The Balaban J connectivity index is 1.62. The van der Waals surface area contributed by atoms with Crippen molar-refractivity contribution >= 4 is 5.91 Å². The molecule has 1 aromatic carbocycles. The third-order valence-corrected chi connectivity index (χ3v) is 3.65. The van der Waals surface area contributed by atoms with Crippen LogP contribution in [0, 0.1) is 0 Å². The lowest BCUT2D eigenvalue weighted by Crippen LogP contribution is -2.38. The van der Waals surface area contributed by atoms with Crippen molar-refractivity contribution in [1.82, 2.24) is 10.6 Å². The van der Waals surface area contributed by atoms with Crippen LogP contribution in [0.1, 0.15) is 30.9 Å². The van der Waals surface area contributed by atoms with E-state index in [0.717, 1.165) is 31.7 Å². The number of carbonyl (C=O) groups is 1. The van der Waals surface area contributed by atoms with E-state index in [1.165, 1.54) is 5.56 Å². The minimum absolute atomic E-state index is 0.175. The smallest absolute Gasteiger partial charge is 0.220 e. The average molecular weight is 246 g/mol. The predicted molar refractivity (Wildman–Crippen MR) is 68.5 cm³/mol. The number of fused-ring (bicyclic) bond motifs is 1. The molecular formula is C14H18N2O2. The van der Waals surface area contributed by atoms with Gasteiger partial charge in [0.1, 0.15) is 5.75 Å². The summed E-state index contributed by atoms with van der Waals surface area (Å²) in [6.45, 7) is 1.59. The molecule has 2 N–H and O–H groups in total. The summed E-state index contributed by atoms with van der Waals surface area (Å²) in [6.07, 6.45) is 2.59. The topological polar surface area (TPSA) is 50.4 Å². The Morgan fingerprint density at radius 1 is 1.33 bits per heavy atom. The molecule has 2 aliphatic rings. The van der Waals surface area contributed by atoms with Crippen LogP contribution in [0.3, 0.4) is 0 Å². The zero-order chi connectivity index (χ0) is 12.4. The highest BCUT2D eigenvalue weighted by molar-refractivity contribution is 5.78. The molecule has 0 saturated carbocycles. The van der Waals surface area contributed by atoms with Crippen LogP contribution in [0.5, 0.6) is 5.75 Å². The number of nitrogens with one attached hydrogen (secondary N) is 2. The van der Waals surface area contributed by atoms with Gasteiger partial charge >= 0.3 is 0 Å². The zero-order valence-electron chi connectivity index (χ0n) is 10.3.